The third kappa shape index (κ3) is 32.8. The van der Waals surface area contributed by atoms with Gasteiger partial charge in [-0.1, -0.05) is 237 Å². The summed E-state index contributed by atoms with van der Waals surface area (Å²) in [6.07, 6.45) is 5.39. The summed E-state index contributed by atoms with van der Waals surface area (Å²) in [4.78, 5) is 21.5. The van der Waals surface area contributed by atoms with Crippen LogP contribution >= 0.6 is 8.58 Å². The summed E-state index contributed by atoms with van der Waals surface area (Å²) in [5, 5.41) is 25.0. The number of aliphatic hydroxyl groups is 1. The van der Waals surface area contributed by atoms with E-state index in [9.17, 15) is 26.3 Å². The van der Waals surface area contributed by atoms with Gasteiger partial charge in [-0.05, 0) is 45.9 Å². The molecular formula is C68H45F6Ir3N8OPS-. The summed E-state index contributed by atoms with van der Waals surface area (Å²) in [6.45, 7) is 19.7. The fraction of sp³-hybridized carbons (Fsp3) is 0. The monoisotopic (exact) mass is 1750 g/mol. The molecule has 0 unspecified atom stereocenters. The van der Waals surface area contributed by atoms with Crippen LogP contribution in [0.1, 0.15) is 0 Å². The second-order valence-corrected chi connectivity index (χ2v) is 17.2. The van der Waals surface area contributed by atoms with Gasteiger partial charge in [0.2, 0.25) is 0 Å². The Kier molecular flexibility index (Phi) is 43.6. The van der Waals surface area contributed by atoms with Crippen molar-refractivity contribution in [2.45, 2.75) is 0 Å². The van der Waals surface area contributed by atoms with Gasteiger partial charge in [0.1, 0.15) is 0 Å². The smallest absolute Gasteiger partial charge is 0.696 e. The van der Waals surface area contributed by atoms with Gasteiger partial charge in [-0.15, -0.1) is 36.4 Å². The van der Waals surface area contributed by atoms with E-state index in [4.69, 9.17) is 35.3 Å². The third-order valence-corrected chi connectivity index (χ3v) is 11.1. The number of benzene rings is 8. The third-order valence-electron chi connectivity index (χ3n) is 9.83. The minimum absolute atomic E-state index is 0. The zero-order valence-corrected chi connectivity index (χ0v) is 54.5. The van der Waals surface area contributed by atoms with E-state index in [0.717, 1.165) is 51.2 Å². The number of pyridine rings is 3. The summed E-state index contributed by atoms with van der Waals surface area (Å²) >= 11 is 3.70. The molecule has 0 atom stereocenters. The summed E-state index contributed by atoms with van der Waals surface area (Å²) in [5.74, 6) is -3.86. The van der Waals surface area contributed by atoms with Gasteiger partial charge in [0.25, 0.3) is 6.26 Å². The molecular weight excluding hydrogens is 1700 g/mol. The average Bonchev–Trinajstić information content (AvgIpc) is 3.75. The maximum atomic E-state index is 13.2. The maximum Gasteiger partial charge on any atom is 3.00 e. The number of halogens is 6. The molecule has 0 saturated heterocycles. The number of nitriles is 2. The Morgan fingerprint density at radius 3 is 0.807 bits per heavy atom. The molecule has 444 valence electrons. The molecule has 9 nitrogen and oxygen atoms in total. The van der Waals surface area contributed by atoms with Crippen LogP contribution in [-0.2, 0) is 72.9 Å². The molecule has 0 aliphatic heterocycles. The first kappa shape index (κ1) is 78.6. The van der Waals surface area contributed by atoms with E-state index in [0.29, 0.717) is 34.1 Å². The predicted octanol–water partition coefficient (Wildman–Crippen LogP) is 17.4. The van der Waals surface area contributed by atoms with E-state index in [-0.39, 0.29) is 77.0 Å². The standard InChI is InChI=1S/C12H11P.3C11H6F2N.3C7H5N.CHNO.CHNS.3Ir/c1-3-7-11(8-4-1)13-12-9-5-2-6-10-12;3*12-8-4-5-9(10(13)7-8)11-3-1-2-6-14-11;3*1-8-7-5-3-2-4-6-7;2*2-1-3;;;/h1-10,13H;3*1-4,6-7H;3*2-6H;2*3H;;;/q;3*-1;;;;;;;;+3/p-1. The van der Waals surface area contributed by atoms with Crippen LogP contribution in [0, 0.1) is 95.0 Å². The van der Waals surface area contributed by atoms with Gasteiger partial charge in [-0.25, -0.2) is 19.8 Å². The summed E-state index contributed by atoms with van der Waals surface area (Å²) in [5.41, 5.74) is 4.01. The summed E-state index contributed by atoms with van der Waals surface area (Å²) in [7, 11) is 0.777. The number of hydrogen-bond acceptors (Lipinski definition) is 7. The molecule has 0 aliphatic rings. The largest absolute Gasteiger partial charge is 3.00 e. The van der Waals surface area contributed by atoms with E-state index < -0.39 is 34.9 Å². The second kappa shape index (κ2) is 48.8. The van der Waals surface area contributed by atoms with E-state index in [1.165, 1.54) is 16.0 Å². The SMILES string of the molecule is Fc1c[c-]c(-c2ccccn2)c(F)c1.Fc1c[c-]c(-c2ccccn2)c(F)c1.Fc1c[c-]c(-c2ccccn2)c(F)c1.N#CO.N#C[S-].[C-]#[N+]c1ccccc1.[C-]#[N+]c1ccccc1.[C-]#[N+]c1ccccc1.[Ir+3].[Ir].[Ir].c1ccc(Pc2ccccc2)cc1. The van der Waals surface area contributed by atoms with Gasteiger partial charge in [-0.3, -0.25) is 26.3 Å². The van der Waals surface area contributed by atoms with Crippen LogP contribution in [0.5, 0.6) is 0 Å². The number of nitrogens with zero attached hydrogens (tertiary/aromatic N) is 8. The molecule has 0 aliphatic carbocycles. The van der Waals surface area contributed by atoms with Crippen LogP contribution in [0.15, 0.2) is 261 Å². The fourth-order valence-corrected chi connectivity index (χ4v) is 7.22. The van der Waals surface area contributed by atoms with E-state index in [2.05, 4.69) is 121 Å². The number of rotatable bonds is 5. The van der Waals surface area contributed by atoms with Crippen LogP contribution in [0.3, 0.4) is 0 Å². The minimum Gasteiger partial charge on any atom is -0.696 e. The van der Waals surface area contributed by atoms with Crippen molar-refractivity contribution in [2.24, 2.45) is 0 Å². The normalized spacial score (nSPS) is 8.60. The van der Waals surface area contributed by atoms with Gasteiger partial charge in [-0.2, -0.15) is 5.26 Å². The van der Waals surface area contributed by atoms with Crippen molar-refractivity contribution in [2.75, 3.05) is 0 Å². The molecule has 88 heavy (non-hydrogen) atoms. The Bertz CT molecular complexity index is 3490. The van der Waals surface area contributed by atoms with Gasteiger partial charge < -0.3 is 32.7 Å². The molecule has 0 saturated carbocycles. The average molecular weight is 1740 g/mol. The Morgan fingerprint density at radius 1 is 0.409 bits per heavy atom. The minimum atomic E-state index is -0.649. The van der Waals surface area contributed by atoms with Crippen LogP contribution in [0.25, 0.3) is 48.3 Å². The quantitative estimate of drug-likeness (QED) is 0.0599. The zero-order chi connectivity index (χ0) is 61.7. The van der Waals surface area contributed by atoms with E-state index in [1.807, 2.05) is 54.6 Å². The maximum absolute atomic E-state index is 13.2. The Labute approximate surface area is 555 Å². The van der Waals surface area contributed by atoms with Crippen molar-refractivity contribution in [1.82, 2.24) is 15.0 Å². The topological polar surface area (TPSA) is 120 Å². The van der Waals surface area contributed by atoms with Crippen LogP contribution in [-0.4, -0.2) is 20.1 Å². The molecule has 0 spiro atoms. The van der Waals surface area contributed by atoms with Gasteiger partial charge in [0, 0.05) is 93.7 Å². The molecule has 11 aromatic rings. The Morgan fingerprint density at radius 2 is 0.625 bits per heavy atom. The fourth-order valence-electron chi connectivity index (χ4n) is 6.17. The molecule has 8 aromatic carbocycles. The van der Waals surface area contributed by atoms with Gasteiger partial charge >= 0.3 is 20.1 Å². The zero-order valence-electron chi connectivity index (χ0n) is 45.5. The van der Waals surface area contributed by atoms with Gasteiger partial charge in [0.05, 0.1) is 19.7 Å². The molecule has 2 radical (unpaired) electrons. The predicted molar refractivity (Wildman–Crippen MR) is 324 cm³/mol. The second-order valence-electron chi connectivity index (χ2n) is 15.7. The van der Waals surface area contributed by atoms with Crippen molar-refractivity contribution in [1.29, 1.82) is 10.5 Å². The van der Waals surface area contributed by atoms with Crippen molar-refractivity contribution in [3.8, 4) is 45.4 Å². The van der Waals surface area contributed by atoms with Crippen molar-refractivity contribution in [3.63, 3.8) is 0 Å². The molecule has 11 rings (SSSR count). The van der Waals surface area contributed by atoms with E-state index >= 15 is 0 Å². The number of hydrogen-bond donors (Lipinski definition) is 1. The molecule has 0 bridgehead atoms. The van der Waals surface area contributed by atoms with E-state index in [1.54, 1.807) is 110 Å². The molecule has 3 aromatic heterocycles. The Balaban J connectivity index is 0.000000993. The van der Waals surface area contributed by atoms with Crippen LogP contribution in [0.2, 0.25) is 0 Å². The van der Waals surface area contributed by atoms with Crippen LogP contribution in [0.4, 0.5) is 43.4 Å². The number of para-hydroxylation sites is 3. The van der Waals surface area contributed by atoms with Crippen molar-refractivity contribution in [3.05, 3.63) is 349 Å². The summed E-state index contributed by atoms with van der Waals surface area (Å²) in [6, 6.07) is 77.3. The van der Waals surface area contributed by atoms with Crippen LogP contribution < -0.4 is 10.6 Å². The molecule has 0 amide bonds. The Hall–Kier alpha value is -9.36. The summed E-state index contributed by atoms with van der Waals surface area (Å²) < 4.78 is 77.4. The molecule has 0 fully saturated rings. The first-order valence-electron chi connectivity index (χ1n) is 24.4. The first-order chi connectivity index (χ1) is 41.4. The number of aromatic nitrogens is 3. The van der Waals surface area contributed by atoms with Crippen molar-refractivity contribution >= 4 is 48.9 Å². The van der Waals surface area contributed by atoms with Gasteiger partial charge in [0.15, 0.2) is 17.1 Å². The number of thiocyanates is 1. The molecule has 3 heterocycles. The molecule has 1 N–H and O–H groups in total. The number of aliphatic hydroxyl groups excluding tert-OH is 1. The first-order valence-corrected chi connectivity index (χ1v) is 25.8. The molecule has 20 heteroatoms. The van der Waals surface area contributed by atoms with Crippen molar-refractivity contribution < 1.29 is 91.8 Å².